The smallest absolute Gasteiger partial charge is 0.0264 e. The molecule has 0 N–H and O–H groups in total. The average molecular weight is 677 g/mol. The largest absolute Gasteiger partial charge is 0.0622 e. The van der Waals surface area contributed by atoms with E-state index in [1.165, 1.54) is 51.4 Å². The van der Waals surface area contributed by atoms with Crippen LogP contribution in [0.2, 0.25) is 0 Å². The second-order valence-electron chi connectivity index (χ2n) is 19.7. The molecule has 8 atom stereocenters. The van der Waals surface area contributed by atoms with Crippen LogP contribution in [0.15, 0.2) is 121 Å². The first-order valence-corrected chi connectivity index (χ1v) is 20.8. The number of benzene rings is 4. The molecule has 268 valence electrons. The second kappa shape index (κ2) is 13.7. The van der Waals surface area contributed by atoms with Crippen molar-refractivity contribution in [2.45, 2.75) is 110 Å². The van der Waals surface area contributed by atoms with Gasteiger partial charge in [0.15, 0.2) is 0 Å². The summed E-state index contributed by atoms with van der Waals surface area (Å²) in [5, 5.41) is 0. The standard InChI is InChI=1S/C51H64/c1-49(2,3)46-33-42-43-34-47(50(4,5)6)41(36-23-13-8-14-24-36)32-45(43)48(44(42)31-40(46)35-21-11-7-12-22-35)51(39-29-19-20-30-39,37-25-15-9-16-26-37)38-27-17-10-18-28-38/h7-18,21-28,39-48H,19-20,29-34H2,1-6H3. The van der Waals surface area contributed by atoms with Gasteiger partial charge in [0, 0.05) is 5.41 Å². The Hall–Kier alpha value is -3.12. The molecule has 4 aromatic carbocycles. The first kappa shape index (κ1) is 34.9. The minimum Gasteiger partial charge on any atom is -0.0622 e. The molecule has 0 aliphatic heterocycles. The first-order chi connectivity index (χ1) is 24.6. The monoisotopic (exact) mass is 677 g/mol. The first-order valence-electron chi connectivity index (χ1n) is 20.8. The summed E-state index contributed by atoms with van der Waals surface area (Å²) in [4.78, 5) is 0. The maximum atomic E-state index is 2.55. The van der Waals surface area contributed by atoms with Gasteiger partial charge in [-0.2, -0.15) is 0 Å². The Balaban J connectivity index is 1.37. The van der Waals surface area contributed by atoms with Gasteiger partial charge < -0.3 is 0 Å². The van der Waals surface area contributed by atoms with Gasteiger partial charge in [-0.15, -0.1) is 0 Å². The van der Waals surface area contributed by atoms with Gasteiger partial charge in [-0.1, -0.05) is 176 Å². The fraction of sp³-hybridized carbons (Fsp3) is 0.529. The Morgan fingerprint density at radius 2 is 0.765 bits per heavy atom. The number of hydrogen-bond acceptors (Lipinski definition) is 0. The molecule has 8 rings (SSSR count). The zero-order valence-corrected chi connectivity index (χ0v) is 32.5. The van der Waals surface area contributed by atoms with Crippen LogP contribution < -0.4 is 0 Å². The highest BCUT2D eigenvalue weighted by Gasteiger charge is 2.65. The lowest BCUT2D eigenvalue weighted by Crippen LogP contribution is -2.49. The molecular formula is C51H64. The second-order valence-corrected chi connectivity index (χ2v) is 19.7. The summed E-state index contributed by atoms with van der Waals surface area (Å²) in [6.45, 7) is 15.3. The fourth-order valence-electron chi connectivity index (χ4n) is 13.5. The van der Waals surface area contributed by atoms with Crippen LogP contribution in [0, 0.1) is 58.2 Å². The summed E-state index contributed by atoms with van der Waals surface area (Å²) in [6, 6.07) is 47.7. The summed E-state index contributed by atoms with van der Waals surface area (Å²) in [5.41, 5.74) is 6.95. The minimum absolute atomic E-state index is 0.0208. The van der Waals surface area contributed by atoms with E-state index in [0.717, 1.165) is 11.8 Å². The van der Waals surface area contributed by atoms with Crippen LogP contribution in [-0.4, -0.2) is 0 Å². The zero-order chi connectivity index (χ0) is 35.4. The molecule has 4 aromatic rings. The topological polar surface area (TPSA) is 0 Å². The molecule has 0 amide bonds. The molecule has 0 aromatic heterocycles. The Morgan fingerprint density at radius 1 is 0.412 bits per heavy atom. The van der Waals surface area contributed by atoms with E-state index in [2.05, 4.69) is 163 Å². The van der Waals surface area contributed by atoms with E-state index in [-0.39, 0.29) is 16.2 Å². The third-order valence-electron chi connectivity index (χ3n) is 15.4. The molecule has 4 saturated carbocycles. The van der Waals surface area contributed by atoms with Gasteiger partial charge in [-0.3, -0.25) is 0 Å². The maximum Gasteiger partial charge on any atom is 0.0264 e. The molecule has 4 aliphatic rings. The highest BCUT2D eigenvalue weighted by atomic mass is 14.7. The molecule has 4 fully saturated rings. The molecule has 0 radical (unpaired) electrons. The summed E-state index contributed by atoms with van der Waals surface area (Å²) in [6.07, 6.45) is 10.9. The van der Waals surface area contributed by atoms with Crippen LogP contribution >= 0.6 is 0 Å². The van der Waals surface area contributed by atoms with Crippen molar-refractivity contribution in [3.8, 4) is 0 Å². The van der Waals surface area contributed by atoms with Gasteiger partial charge in [0.05, 0.1) is 0 Å². The van der Waals surface area contributed by atoms with Gasteiger partial charge in [-0.25, -0.2) is 0 Å². The summed E-state index contributed by atoms with van der Waals surface area (Å²) < 4.78 is 0. The molecule has 0 heterocycles. The predicted molar refractivity (Wildman–Crippen MR) is 216 cm³/mol. The number of rotatable bonds is 6. The van der Waals surface area contributed by atoms with Gasteiger partial charge in [0.1, 0.15) is 0 Å². The fourth-order valence-corrected chi connectivity index (χ4v) is 13.5. The summed E-state index contributed by atoms with van der Waals surface area (Å²) in [5.74, 6) is 6.86. The molecule has 0 nitrogen and oxygen atoms in total. The Morgan fingerprint density at radius 3 is 1.12 bits per heavy atom. The maximum absolute atomic E-state index is 2.55. The van der Waals surface area contributed by atoms with Crippen LogP contribution in [0.3, 0.4) is 0 Å². The quantitative estimate of drug-likeness (QED) is 0.191. The van der Waals surface area contributed by atoms with Gasteiger partial charge in [-0.05, 0) is 131 Å². The Labute approximate surface area is 310 Å². The molecule has 4 aliphatic carbocycles. The van der Waals surface area contributed by atoms with Crippen LogP contribution in [-0.2, 0) is 5.41 Å². The summed E-state index contributed by atoms with van der Waals surface area (Å²) >= 11 is 0. The Bertz CT molecular complexity index is 1580. The lowest BCUT2D eigenvalue weighted by molar-refractivity contribution is 0.0336. The van der Waals surface area contributed by atoms with Crippen molar-refractivity contribution in [3.63, 3.8) is 0 Å². The van der Waals surface area contributed by atoms with Crippen molar-refractivity contribution < 1.29 is 0 Å². The van der Waals surface area contributed by atoms with E-state index < -0.39 is 0 Å². The average Bonchev–Trinajstić information content (AvgIpc) is 3.79. The Kier molecular flexibility index (Phi) is 9.38. The van der Waals surface area contributed by atoms with Crippen molar-refractivity contribution in [2.24, 2.45) is 58.2 Å². The van der Waals surface area contributed by atoms with Crippen LogP contribution in [0.1, 0.15) is 127 Å². The summed E-state index contributed by atoms with van der Waals surface area (Å²) in [7, 11) is 0. The van der Waals surface area contributed by atoms with E-state index in [1.807, 2.05) is 0 Å². The predicted octanol–water partition coefficient (Wildman–Crippen LogP) is 13.7. The lowest BCUT2D eigenvalue weighted by Gasteiger charge is -2.54. The van der Waals surface area contributed by atoms with Crippen molar-refractivity contribution in [3.05, 3.63) is 144 Å². The van der Waals surface area contributed by atoms with E-state index in [0.29, 0.717) is 47.3 Å². The van der Waals surface area contributed by atoms with Gasteiger partial charge in [0.25, 0.3) is 0 Å². The third-order valence-corrected chi connectivity index (χ3v) is 15.4. The van der Waals surface area contributed by atoms with Gasteiger partial charge in [0.2, 0.25) is 0 Å². The van der Waals surface area contributed by atoms with E-state index in [4.69, 9.17) is 0 Å². The SMILES string of the molecule is CC(C)(C)C1CC2C3CC(C(C)(C)C)C(c4ccccc4)CC3C(C(c3ccccc3)(c3ccccc3)C3CCCC3)C2CC1c1ccccc1. The minimum atomic E-state index is 0.0208. The van der Waals surface area contributed by atoms with Crippen LogP contribution in [0.25, 0.3) is 0 Å². The van der Waals surface area contributed by atoms with Crippen molar-refractivity contribution in [1.82, 2.24) is 0 Å². The van der Waals surface area contributed by atoms with Crippen molar-refractivity contribution in [2.75, 3.05) is 0 Å². The zero-order valence-electron chi connectivity index (χ0n) is 32.5. The lowest BCUT2D eigenvalue weighted by atomic mass is 9.50. The van der Waals surface area contributed by atoms with Crippen molar-refractivity contribution in [1.29, 1.82) is 0 Å². The highest BCUT2D eigenvalue weighted by molar-refractivity contribution is 5.44. The molecule has 0 heteroatoms. The van der Waals surface area contributed by atoms with E-state index in [9.17, 15) is 0 Å². The molecule has 0 saturated heterocycles. The van der Waals surface area contributed by atoms with E-state index >= 15 is 0 Å². The molecule has 51 heavy (non-hydrogen) atoms. The van der Waals surface area contributed by atoms with Crippen LogP contribution in [0.5, 0.6) is 0 Å². The molecule has 8 unspecified atom stereocenters. The number of hydrogen-bond donors (Lipinski definition) is 0. The molecular weight excluding hydrogens is 613 g/mol. The van der Waals surface area contributed by atoms with Crippen LogP contribution in [0.4, 0.5) is 0 Å². The van der Waals surface area contributed by atoms with E-state index in [1.54, 1.807) is 22.3 Å². The number of fused-ring (bicyclic) bond motifs is 3. The third kappa shape index (κ3) is 6.15. The highest BCUT2D eigenvalue weighted by Crippen LogP contribution is 2.71. The molecule has 0 bridgehead atoms. The van der Waals surface area contributed by atoms with Gasteiger partial charge >= 0.3 is 0 Å². The molecule has 0 spiro atoms. The van der Waals surface area contributed by atoms with Crippen molar-refractivity contribution >= 4 is 0 Å². The normalized spacial score (nSPS) is 31.6.